The molecule has 7 heteroatoms. The van der Waals surface area contributed by atoms with Crippen molar-refractivity contribution in [3.8, 4) is 0 Å². The van der Waals surface area contributed by atoms with Gasteiger partial charge in [0.2, 0.25) is 0 Å². The number of unbranched alkanes of at least 4 members (excludes halogenated alkanes) is 21. The average molecular weight is 530 g/mol. The van der Waals surface area contributed by atoms with Crippen LogP contribution in [0.2, 0.25) is 0 Å². The minimum absolute atomic E-state index is 0.458. The van der Waals surface area contributed by atoms with E-state index < -0.39 is 36.6 Å². The molecule has 220 valence electrons. The van der Waals surface area contributed by atoms with Crippen molar-refractivity contribution in [3.05, 3.63) is 0 Å². The Labute approximate surface area is 226 Å². The number of nitrogens with one attached hydrogen (secondary N) is 1. The van der Waals surface area contributed by atoms with E-state index in [-0.39, 0.29) is 0 Å². The van der Waals surface area contributed by atoms with Crippen LogP contribution in [0.4, 0.5) is 0 Å². The third kappa shape index (κ3) is 16.8. The number of carbonyl (C=O) groups excluding carboxylic acids is 1. The van der Waals surface area contributed by atoms with E-state index in [0.29, 0.717) is 6.54 Å². The first-order valence-electron chi connectivity index (χ1n) is 15.6. The van der Waals surface area contributed by atoms with Crippen molar-refractivity contribution in [1.82, 2.24) is 5.32 Å². The molecule has 37 heavy (non-hydrogen) atoms. The molecule has 5 atom stereocenters. The monoisotopic (exact) mass is 529 g/mol. The maximum Gasteiger partial charge on any atom is 0.252 e. The minimum Gasteiger partial charge on any atom is -0.387 e. The summed E-state index contributed by atoms with van der Waals surface area (Å²) in [6.07, 6.45) is 21.4. The number of carbonyl (C=O) groups is 1. The summed E-state index contributed by atoms with van der Waals surface area (Å²) >= 11 is 0. The van der Waals surface area contributed by atoms with E-state index in [9.17, 15) is 25.2 Å². The van der Waals surface area contributed by atoms with E-state index in [1.54, 1.807) is 0 Å². The van der Waals surface area contributed by atoms with E-state index >= 15 is 0 Å². The molecule has 1 aliphatic rings. The highest BCUT2D eigenvalue weighted by atomic mass is 16.6. The van der Waals surface area contributed by atoms with Crippen LogP contribution < -0.4 is 5.32 Å². The van der Waals surface area contributed by atoms with Crippen LogP contribution in [0.1, 0.15) is 148 Å². The summed E-state index contributed by atoms with van der Waals surface area (Å²) in [5.41, 5.74) is 0. The predicted molar refractivity (Wildman–Crippen MR) is 149 cm³/mol. The number of hydrogen-bond acceptors (Lipinski definition) is 6. The Hall–Kier alpha value is -0.730. The van der Waals surface area contributed by atoms with Gasteiger partial charge in [0.15, 0.2) is 12.4 Å². The fourth-order valence-corrected chi connectivity index (χ4v) is 5.12. The first-order valence-corrected chi connectivity index (χ1v) is 15.6. The van der Waals surface area contributed by atoms with E-state index in [1.807, 2.05) is 0 Å². The maximum atomic E-state index is 12.1. The Kier molecular flexibility index (Phi) is 21.5. The zero-order valence-corrected chi connectivity index (χ0v) is 23.8. The summed E-state index contributed by atoms with van der Waals surface area (Å²) in [7, 11) is 0. The molecule has 1 aliphatic heterocycles. The lowest BCUT2D eigenvalue weighted by Gasteiger charge is -2.37. The van der Waals surface area contributed by atoms with E-state index in [0.717, 1.165) is 19.3 Å². The second-order valence-corrected chi connectivity index (χ2v) is 11.1. The molecule has 0 aromatic heterocycles. The Morgan fingerprint density at radius 2 is 0.892 bits per heavy atom. The third-order valence-electron chi connectivity index (χ3n) is 7.68. The maximum absolute atomic E-state index is 12.1. The fourth-order valence-electron chi connectivity index (χ4n) is 5.12. The zero-order chi connectivity index (χ0) is 27.1. The highest BCUT2D eigenvalue weighted by Gasteiger charge is 2.46. The number of hydrogen-bond donors (Lipinski definition) is 5. The van der Waals surface area contributed by atoms with Gasteiger partial charge >= 0.3 is 0 Å². The van der Waals surface area contributed by atoms with Gasteiger partial charge in [-0.05, 0) is 6.42 Å². The van der Waals surface area contributed by atoms with Crippen molar-refractivity contribution in [2.45, 2.75) is 179 Å². The Bertz CT molecular complexity index is 534. The van der Waals surface area contributed by atoms with Gasteiger partial charge in [0.25, 0.3) is 5.91 Å². The molecule has 7 nitrogen and oxygen atoms in total. The number of rotatable bonds is 24. The normalized spacial score (nSPS) is 23.9. The molecule has 1 rings (SSSR count). The largest absolute Gasteiger partial charge is 0.387 e. The van der Waals surface area contributed by atoms with Gasteiger partial charge in [-0.2, -0.15) is 0 Å². The lowest BCUT2D eigenvalue weighted by molar-refractivity contribution is -0.275. The van der Waals surface area contributed by atoms with Gasteiger partial charge in [-0.1, -0.05) is 142 Å². The van der Waals surface area contributed by atoms with E-state index in [4.69, 9.17) is 4.74 Å². The number of ether oxygens (including phenoxy) is 1. The summed E-state index contributed by atoms with van der Waals surface area (Å²) in [5, 5.41) is 41.2. The number of aliphatic hydroxyl groups is 4. The Balaban J connectivity index is 1.78. The molecular weight excluding hydrogens is 470 g/mol. The minimum atomic E-state index is -1.69. The van der Waals surface area contributed by atoms with Crippen molar-refractivity contribution in [3.63, 3.8) is 0 Å². The predicted octanol–water partition coefficient (Wildman–Crippen LogP) is 5.50. The molecule has 1 heterocycles. The van der Waals surface area contributed by atoms with E-state index in [2.05, 4.69) is 12.2 Å². The van der Waals surface area contributed by atoms with Crippen LogP contribution in [0.15, 0.2) is 0 Å². The van der Waals surface area contributed by atoms with Crippen LogP contribution in [0.3, 0.4) is 0 Å². The van der Waals surface area contributed by atoms with Gasteiger partial charge in [0.1, 0.15) is 18.3 Å². The molecule has 1 saturated heterocycles. The molecule has 0 radical (unpaired) electrons. The smallest absolute Gasteiger partial charge is 0.252 e. The first kappa shape index (κ1) is 34.3. The number of amides is 1. The SMILES string of the molecule is CCCCCCCCCCCCCCCCCCCCCCCCNC(=O)[C@H]1O[C@@H](O)[C@H](O)[C@@H](O)[C@@H]1O. The van der Waals surface area contributed by atoms with Crippen molar-refractivity contribution >= 4 is 5.91 Å². The molecule has 0 spiro atoms. The summed E-state index contributed by atoms with van der Waals surface area (Å²) in [5.74, 6) is -0.582. The summed E-state index contributed by atoms with van der Waals surface area (Å²) in [4.78, 5) is 12.1. The average Bonchev–Trinajstić information content (AvgIpc) is 2.89. The van der Waals surface area contributed by atoms with Gasteiger partial charge in [-0.25, -0.2) is 0 Å². The molecule has 0 saturated carbocycles. The summed E-state index contributed by atoms with van der Waals surface area (Å²) in [6, 6.07) is 0. The third-order valence-corrected chi connectivity index (χ3v) is 7.68. The molecule has 0 aliphatic carbocycles. The number of aliphatic hydroxyl groups excluding tert-OH is 4. The topological polar surface area (TPSA) is 119 Å². The van der Waals surface area contributed by atoms with Crippen LogP contribution in [0, 0.1) is 0 Å². The van der Waals surface area contributed by atoms with Crippen molar-refractivity contribution in [2.75, 3.05) is 6.54 Å². The first-order chi connectivity index (χ1) is 18.0. The quantitative estimate of drug-likeness (QED) is 0.105. The van der Waals surface area contributed by atoms with Crippen LogP contribution in [-0.2, 0) is 9.53 Å². The standard InChI is InChI=1S/C30H59NO6/c1-2-3-4-5-6-7-8-9-10-11-12-13-14-15-16-17-18-19-20-21-22-23-24-31-29(35)28-26(33)25(32)27(34)30(36)37-28/h25-28,30,32-34,36H,2-24H2,1H3,(H,31,35)/t25-,26-,27+,28-,30+/m0/s1. The Morgan fingerprint density at radius 1 is 0.541 bits per heavy atom. The summed E-state index contributed by atoms with van der Waals surface area (Å²) < 4.78 is 4.93. The zero-order valence-electron chi connectivity index (χ0n) is 23.8. The van der Waals surface area contributed by atoms with Gasteiger partial charge < -0.3 is 30.5 Å². The Morgan fingerprint density at radius 3 is 1.27 bits per heavy atom. The van der Waals surface area contributed by atoms with Crippen LogP contribution in [0.5, 0.6) is 0 Å². The van der Waals surface area contributed by atoms with Crippen LogP contribution in [-0.4, -0.2) is 63.6 Å². The molecule has 0 aromatic rings. The second-order valence-electron chi connectivity index (χ2n) is 11.1. The molecule has 1 amide bonds. The highest BCUT2D eigenvalue weighted by Crippen LogP contribution is 2.20. The molecule has 0 unspecified atom stereocenters. The molecule has 0 aromatic carbocycles. The molecule has 0 bridgehead atoms. The summed E-state index contributed by atoms with van der Waals surface area (Å²) in [6.45, 7) is 2.74. The molecule has 1 fully saturated rings. The lowest BCUT2D eigenvalue weighted by atomic mass is 9.98. The highest BCUT2D eigenvalue weighted by molar-refractivity contribution is 5.81. The van der Waals surface area contributed by atoms with Gasteiger partial charge in [0, 0.05) is 6.54 Å². The van der Waals surface area contributed by atoms with E-state index in [1.165, 1.54) is 122 Å². The second kappa shape index (κ2) is 23.2. The lowest BCUT2D eigenvalue weighted by Crippen LogP contribution is -2.61. The van der Waals surface area contributed by atoms with Gasteiger partial charge in [0.05, 0.1) is 0 Å². The van der Waals surface area contributed by atoms with Gasteiger partial charge in [-0.15, -0.1) is 0 Å². The van der Waals surface area contributed by atoms with Crippen LogP contribution >= 0.6 is 0 Å². The fraction of sp³-hybridized carbons (Fsp3) is 0.967. The molecule has 5 N–H and O–H groups in total. The van der Waals surface area contributed by atoms with Crippen molar-refractivity contribution < 1.29 is 30.0 Å². The van der Waals surface area contributed by atoms with Crippen molar-refractivity contribution in [2.24, 2.45) is 0 Å². The van der Waals surface area contributed by atoms with Crippen LogP contribution in [0.25, 0.3) is 0 Å². The van der Waals surface area contributed by atoms with Gasteiger partial charge in [-0.3, -0.25) is 4.79 Å². The molecular formula is C30H59NO6. The van der Waals surface area contributed by atoms with Crippen molar-refractivity contribution in [1.29, 1.82) is 0 Å².